The summed E-state index contributed by atoms with van der Waals surface area (Å²) in [5, 5.41) is 1.93. The molecule has 1 fully saturated rings. The van der Waals surface area contributed by atoms with E-state index in [0.29, 0.717) is 42.2 Å². The molecule has 4 aromatic rings. The number of hydrogen-bond donors (Lipinski definition) is 0. The molecule has 0 bridgehead atoms. The molecule has 208 valence electrons. The van der Waals surface area contributed by atoms with Gasteiger partial charge in [-0.25, -0.2) is 4.99 Å². The standard InChI is InChI=1S/C32H25Cl3N2O3S/c1-19-4-10-24(11-5-19)36-32-37(25-12-6-20(2)7-13-25)31(38)29(41-32)16-21-14-27(35)30(28(15-21)39-3)40-18-22-8-9-23(33)17-26(22)34/h4-17H,18H2,1-3H3/b29-16-,36-32?. The molecule has 0 radical (unpaired) electrons. The predicted octanol–water partition coefficient (Wildman–Crippen LogP) is 9.66. The fourth-order valence-electron chi connectivity index (χ4n) is 4.10. The molecule has 0 spiro atoms. The first-order valence-electron chi connectivity index (χ1n) is 12.6. The van der Waals surface area contributed by atoms with E-state index in [9.17, 15) is 4.79 Å². The number of halogens is 3. The van der Waals surface area contributed by atoms with Gasteiger partial charge in [-0.3, -0.25) is 9.69 Å². The van der Waals surface area contributed by atoms with E-state index in [2.05, 4.69) is 0 Å². The lowest BCUT2D eigenvalue weighted by Crippen LogP contribution is -2.28. The molecular weight excluding hydrogens is 599 g/mol. The van der Waals surface area contributed by atoms with E-state index in [1.807, 2.05) is 62.4 Å². The predicted molar refractivity (Wildman–Crippen MR) is 171 cm³/mol. The van der Waals surface area contributed by atoms with Gasteiger partial charge in [-0.15, -0.1) is 0 Å². The van der Waals surface area contributed by atoms with Gasteiger partial charge in [0.05, 0.1) is 28.4 Å². The Kier molecular flexibility index (Phi) is 8.95. The first-order chi connectivity index (χ1) is 19.7. The Hall–Kier alpha value is -3.42. The van der Waals surface area contributed by atoms with Crippen LogP contribution < -0.4 is 14.4 Å². The number of carbonyl (C=O) groups is 1. The smallest absolute Gasteiger partial charge is 0.271 e. The van der Waals surface area contributed by atoms with E-state index < -0.39 is 0 Å². The summed E-state index contributed by atoms with van der Waals surface area (Å²) in [5.41, 5.74) is 5.17. The number of ether oxygens (including phenoxy) is 2. The number of methoxy groups -OCH3 is 1. The van der Waals surface area contributed by atoms with Gasteiger partial charge < -0.3 is 9.47 Å². The summed E-state index contributed by atoms with van der Waals surface area (Å²) in [6.45, 7) is 4.20. The van der Waals surface area contributed by atoms with Crippen molar-refractivity contribution in [3.05, 3.63) is 121 Å². The van der Waals surface area contributed by atoms with Crippen LogP contribution in [-0.4, -0.2) is 18.2 Å². The first kappa shape index (κ1) is 29.1. The van der Waals surface area contributed by atoms with Crippen molar-refractivity contribution in [1.82, 2.24) is 0 Å². The van der Waals surface area contributed by atoms with Crippen LogP contribution in [0.5, 0.6) is 11.5 Å². The maximum Gasteiger partial charge on any atom is 0.271 e. The van der Waals surface area contributed by atoms with Crippen LogP contribution in [-0.2, 0) is 11.4 Å². The second-order valence-corrected chi connectivity index (χ2v) is 11.6. The number of rotatable bonds is 7. The zero-order valence-electron chi connectivity index (χ0n) is 22.5. The molecule has 1 saturated heterocycles. The molecule has 9 heteroatoms. The average molecular weight is 624 g/mol. The lowest BCUT2D eigenvalue weighted by molar-refractivity contribution is -0.113. The minimum atomic E-state index is -0.183. The third-order valence-electron chi connectivity index (χ3n) is 6.29. The van der Waals surface area contributed by atoms with Crippen molar-refractivity contribution in [3.8, 4) is 11.5 Å². The monoisotopic (exact) mass is 622 g/mol. The third-order valence-corrected chi connectivity index (χ3v) is 8.13. The molecule has 1 aliphatic rings. The second-order valence-electron chi connectivity index (χ2n) is 9.38. The molecule has 0 aromatic heterocycles. The van der Waals surface area contributed by atoms with Crippen molar-refractivity contribution >= 4 is 75.1 Å². The molecule has 0 aliphatic carbocycles. The van der Waals surface area contributed by atoms with E-state index in [0.717, 1.165) is 28.1 Å². The number of thioether (sulfide) groups is 1. The molecule has 0 unspecified atom stereocenters. The van der Waals surface area contributed by atoms with Crippen molar-refractivity contribution in [1.29, 1.82) is 0 Å². The minimum absolute atomic E-state index is 0.172. The number of hydrogen-bond acceptors (Lipinski definition) is 5. The maximum atomic E-state index is 13.7. The van der Waals surface area contributed by atoms with Gasteiger partial charge in [-0.1, -0.05) is 76.3 Å². The summed E-state index contributed by atoms with van der Waals surface area (Å²) in [5.74, 6) is 0.613. The Morgan fingerprint density at radius 3 is 2.22 bits per heavy atom. The Labute approximate surface area is 258 Å². The van der Waals surface area contributed by atoms with Gasteiger partial charge in [-0.05, 0) is 85.8 Å². The zero-order chi connectivity index (χ0) is 29.1. The number of amidine groups is 1. The normalized spacial score (nSPS) is 15.2. The van der Waals surface area contributed by atoms with E-state index >= 15 is 0 Å². The number of aryl methyl sites for hydroxylation is 2. The van der Waals surface area contributed by atoms with Gasteiger partial charge in [-0.2, -0.15) is 0 Å². The van der Waals surface area contributed by atoms with Crippen LogP contribution in [0.25, 0.3) is 6.08 Å². The quantitative estimate of drug-likeness (QED) is 0.192. The number of nitrogens with zero attached hydrogens (tertiary/aromatic N) is 2. The van der Waals surface area contributed by atoms with E-state index in [4.69, 9.17) is 49.3 Å². The van der Waals surface area contributed by atoms with Crippen LogP contribution in [0.4, 0.5) is 11.4 Å². The highest BCUT2D eigenvalue weighted by Crippen LogP contribution is 2.41. The fourth-order valence-corrected chi connectivity index (χ4v) is 5.84. The van der Waals surface area contributed by atoms with Crippen molar-refractivity contribution < 1.29 is 14.3 Å². The van der Waals surface area contributed by atoms with Crippen LogP contribution in [0.1, 0.15) is 22.3 Å². The Balaban J connectivity index is 1.47. The molecule has 5 rings (SSSR count). The van der Waals surface area contributed by atoms with Crippen LogP contribution >= 0.6 is 46.6 Å². The Bertz CT molecular complexity index is 1670. The molecular formula is C32H25Cl3N2O3S. The number of amides is 1. The molecule has 0 atom stereocenters. The highest BCUT2D eigenvalue weighted by molar-refractivity contribution is 8.19. The van der Waals surface area contributed by atoms with Gasteiger partial charge in [0, 0.05) is 15.6 Å². The van der Waals surface area contributed by atoms with Crippen molar-refractivity contribution in [3.63, 3.8) is 0 Å². The fraction of sp³-hybridized carbons (Fsp3) is 0.125. The highest BCUT2D eigenvalue weighted by atomic mass is 35.5. The van der Waals surface area contributed by atoms with Crippen LogP contribution in [0.15, 0.2) is 88.8 Å². The molecule has 5 nitrogen and oxygen atoms in total. The van der Waals surface area contributed by atoms with Crippen LogP contribution in [0.2, 0.25) is 15.1 Å². The molecule has 4 aromatic carbocycles. The van der Waals surface area contributed by atoms with Gasteiger partial charge >= 0.3 is 0 Å². The molecule has 0 saturated carbocycles. The van der Waals surface area contributed by atoms with Crippen molar-refractivity contribution in [2.24, 2.45) is 4.99 Å². The van der Waals surface area contributed by atoms with Gasteiger partial charge in [0.15, 0.2) is 16.7 Å². The Morgan fingerprint density at radius 1 is 0.878 bits per heavy atom. The molecule has 1 amide bonds. The summed E-state index contributed by atoms with van der Waals surface area (Å²) in [6.07, 6.45) is 1.78. The van der Waals surface area contributed by atoms with E-state index in [-0.39, 0.29) is 12.5 Å². The second kappa shape index (κ2) is 12.6. The molecule has 1 aliphatic heterocycles. The Morgan fingerprint density at radius 2 is 1.56 bits per heavy atom. The summed E-state index contributed by atoms with van der Waals surface area (Å²) < 4.78 is 11.6. The molecule has 1 heterocycles. The van der Waals surface area contributed by atoms with Gasteiger partial charge in [0.2, 0.25) is 0 Å². The van der Waals surface area contributed by atoms with E-state index in [1.165, 1.54) is 18.9 Å². The van der Waals surface area contributed by atoms with Gasteiger partial charge in [0.25, 0.3) is 5.91 Å². The largest absolute Gasteiger partial charge is 0.493 e. The SMILES string of the molecule is COc1cc(/C=C2\SC(=Nc3ccc(C)cc3)N(c3ccc(C)cc3)C2=O)cc(Cl)c1OCc1ccc(Cl)cc1Cl. The first-order valence-corrected chi connectivity index (χ1v) is 14.6. The molecule has 0 N–H and O–H groups in total. The van der Waals surface area contributed by atoms with Crippen molar-refractivity contribution in [2.75, 3.05) is 12.0 Å². The van der Waals surface area contributed by atoms with Crippen LogP contribution in [0, 0.1) is 13.8 Å². The third kappa shape index (κ3) is 6.74. The number of aliphatic imine (C=N–C) groups is 1. The van der Waals surface area contributed by atoms with E-state index in [1.54, 1.807) is 41.3 Å². The maximum absolute atomic E-state index is 13.7. The minimum Gasteiger partial charge on any atom is -0.493 e. The highest BCUT2D eigenvalue weighted by Gasteiger charge is 2.35. The lowest BCUT2D eigenvalue weighted by Gasteiger charge is -2.16. The molecule has 41 heavy (non-hydrogen) atoms. The summed E-state index contributed by atoms with van der Waals surface area (Å²) in [7, 11) is 1.53. The van der Waals surface area contributed by atoms with Crippen LogP contribution in [0.3, 0.4) is 0 Å². The zero-order valence-corrected chi connectivity index (χ0v) is 25.5. The summed E-state index contributed by atoms with van der Waals surface area (Å²) >= 11 is 20.2. The number of benzene rings is 4. The van der Waals surface area contributed by atoms with Crippen molar-refractivity contribution in [2.45, 2.75) is 20.5 Å². The van der Waals surface area contributed by atoms with Gasteiger partial charge in [0.1, 0.15) is 6.61 Å². The summed E-state index contributed by atoms with van der Waals surface area (Å²) in [6, 6.07) is 24.3. The lowest BCUT2D eigenvalue weighted by atomic mass is 10.1. The average Bonchev–Trinajstić information content (AvgIpc) is 3.24. The number of anilines is 1. The topological polar surface area (TPSA) is 51.1 Å². The number of carbonyl (C=O) groups excluding carboxylic acids is 1. The summed E-state index contributed by atoms with van der Waals surface area (Å²) in [4.78, 5) is 20.6.